The molecule has 1 aliphatic carbocycles. The minimum Gasteiger partial charge on any atom is -0.480 e. The second-order valence-corrected chi connectivity index (χ2v) is 27.0. The van der Waals surface area contributed by atoms with E-state index < -0.39 is 298 Å². The van der Waals surface area contributed by atoms with E-state index in [4.69, 9.17) is 71.1 Å². The maximum absolute atomic E-state index is 15.1. The van der Waals surface area contributed by atoms with Gasteiger partial charge in [-0.15, -0.1) is 0 Å². The van der Waals surface area contributed by atoms with E-state index in [0.29, 0.717) is 10.5 Å². The molecule has 0 saturated carbocycles. The number of nitrogens with zero attached hydrogens (tertiary/aromatic N) is 1. The summed E-state index contributed by atoms with van der Waals surface area (Å²) in [5.41, 5.74) is 3.54. The van der Waals surface area contributed by atoms with Crippen LogP contribution in [0.1, 0.15) is 22.6 Å². The first-order chi connectivity index (χ1) is 50.3. The Morgan fingerprint density at radius 3 is 0.848 bits per heavy atom. The lowest BCUT2D eigenvalue weighted by atomic mass is 9.94. The molecule has 586 valence electrons. The largest absolute Gasteiger partial charge is 0.480 e. The first-order valence-corrected chi connectivity index (χ1v) is 34.1. The number of fused-ring (bicyclic) bond motifs is 3. The van der Waals surface area contributed by atoms with E-state index >= 15 is 4.79 Å². The third kappa shape index (κ3) is 15.9. The molecule has 3 aromatic rings. The minimum atomic E-state index is -2.44. The SMILES string of the molecule is O=C(O)[C@H](Cc1ccccc1)N(C[C@H]1O[C@@H]2O[C@H]3[C@H](O)[C@@H](O)[C@@H](O[C@H]4[C@H](O)[C@@H](O)[C@@H](O[C@H]5[C@H](O)[C@@H](O)[C@@H](O[C@H]6[C@H](O)[C@@H](O)[C@@H](O[C@H]7[C@H](O)[C@@H](O)[C@@H](O[C@H]8[C@H](O)[C@@H](O)[C@@H](O[C@H]1[C@H](O)[C@H]2O)O[C@@H]8CO)O[C@@H]7CO)O[C@@H]6CO)O[C@@H]5CO)O[C@@H]4CO)O[C@@H]3CO)C(=O)OCC1c2ccccc2-c2ccccc21. The van der Waals surface area contributed by atoms with Gasteiger partial charge in [-0.25, -0.2) is 9.59 Å². The van der Waals surface area contributed by atoms with Crippen LogP contribution in [0.2, 0.25) is 0 Å². The summed E-state index contributed by atoms with van der Waals surface area (Å²) < 4.78 is 88.6. The quantitative estimate of drug-likeness (QED) is 0.0713. The lowest BCUT2D eigenvalue weighted by molar-refractivity contribution is -0.396. The first kappa shape index (κ1) is 79.6. The second kappa shape index (κ2) is 34.1. The third-order valence-electron chi connectivity index (χ3n) is 20.5. The number of carboxylic acids is 1. The van der Waals surface area contributed by atoms with Gasteiger partial charge in [0.25, 0.3) is 0 Å². The van der Waals surface area contributed by atoms with Gasteiger partial charge in [0, 0.05) is 12.3 Å². The highest BCUT2D eigenvalue weighted by Gasteiger charge is 2.60. The molecule has 105 heavy (non-hydrogen) atoms. The monoisotopic (exact) mass is 1500 g/mol. The zero-order valence-corrected chi connectivity index (χ0v) is 55.5. The molecule has 3 aromatic carbocycles. The topological polar surface area (TPSA) is 601 Å². The van der Waals surface area contributed by atoms with E-state index in [1.54, 1.807) is 42.5 Å². The van der Waals surface area contributed by atoms with E-state index in [1.165, 1.54) is 0 Å². The number of carbonyl (C=O) groups is 2. The highest BCUT2D eigenvalue weighted by atomic mass is 16.8. The van der Waals surface area contributed by atoms with Gasteiger partial charge in [0.15, 0.2) is 44.0 Å². The third-order valence-corrected chi connectivity index (χ3v) is 20.5. The number of carboxylic acid groups (broad SMARTS) is 1. The van der Waals surface area contributed by atoms with Crippen LogP contribution in [0, 0.1) is 0 Å². The molecular weight excluding hydrogens is 1410 g/mol. The normalized spacial score (nSPS) is 44.3. The number of ether oxygens (including phenoxy) is 15. The highest BCUT2D eigenvalue weighted by Crippen LogP contribution is 2.46. The Morgan fingerprint density at radius 1 is 0.333 bits per heavy atom. The van der Waals surface area contributed by atoms with Crippen LogP contribution < -0.4 is 0 Å². The Labute approximate surface area is 595 Å². The summed E-state index contributed by atoms with van der Waals surface area (Å²) in [6, 6.07) is 20.6. The lowest BCUT2D eigenvalue weighted by Crippen LogP contribution is -2.69. The molecule has 21 N–H and O–H groups in total. The van der Waals surface area contributed by atoms with E-state index in [1.807, 2.05) is 36.4 Å². The fraction of sp³-hybridized carbons (Fsp3) is 0.697. The van der Waals surface area contributed by atoms with Crippen LogP contribution in [0.3, 0.4) is 0 Å². The van der Waals surface area contributed by atoms with Gasteiger partial charge in [-0.2, -0.15) is 0 Å². The molecule has 21 fully saturated rings. The standard InChI is InChI=1S/C66H89NO38/c68-16-31-52-39(76)46(83)61(94-31)102-54-33(18-70)96-63(48(85)41(54)78)104-56-35(20-72)98-65(50(87)43(56)80)105-57-36(21-73)97-64(49(86)42(57)79)103-55-34(19-71)95-62(47(84)40(55)77)101-53-32(17-69)93-60(45(82)38(53)75)99-51-30(92-59(100-52)44(81)37(51)74)15-67(29(58(88)89)14-23-8-2-1-3-9-23)66(90)91-22-28-26-12-6-4-10-24(26)25-11-5-7-13-27(25)28/h1-13,28-57,59-65,68-87H,14-22H2,(H,88,89)/t29-,30+,31+,32+,33+,34+,35+,36+,37+,38+,39+,40+,41+,42+,43+,44+,45+,46+,47+,48+,49+,50+,51+,52+,53+,54+,55+,56+,57+,59+,60+,61+,62+,63+,64+,65+/m0/s1. The molecule has 14 bridgehead atoms. The molecule has 0 aromatic heterocycles. The molecule has 0 radical (unpaired) electrons. The number of amides is 1. The number of aliphatic carboxylic acids is 1. The van der Waals surface area contributed by atoms with Crippen molar-refractivity contribution in [2.75, 3.05) is 52.8 Å². The van der Waals surface area contributed by atoms with Crippen LogP contribution in [0.25, 0.3) is 11.1 Å². The number of hydrogen-bond acceptors (Lipinski definition) is 37. The molecular formula is C66H89NO38. The minimum absolute atomic E-state index is 0.368. The van der Waals surface area contributed by atoms with E-state index in [0.717, 1.165) is 22.3 Å². The summed E-state index contributed by atoms with van der Waals surface area (Å²) in [6.45, 7) is -8.16. The second-order valence-electron chi connectivity index (χ2n) is 27.0. The van der Waals surface area contributed by atoms with Gasteiger partial charge in [0.2, 0.25) is 0 Å². The molecule has 39 heteroatoms. The summed E-state index contributed by atoms with van der Waals surface area (Å²) in [5.74, 6) is -2.23. The molecule has 0 unspecified atom stereocenters. The average molecular weight is 1500 g/mol. The van der Waals surface area contributed by atoms with Gasteiger partial charge in [-0.05, 0) is 27.8 Å². The zero-order valence-electron chi connectivity index (χ0n) is 55.5. The van der Waals surface area contributed by atoms with E-state index in [2.05, 4.69) is 0 Å². The van der Waals surface area contributed by atoms with Crippen molar-refractivity contribution in [3.8, 4) is 11.1 Å². The van der Waals surface area contributed by atoms with Crippen LogP contribution in [0.4, 0.5) is 4.79 Å². The van der Waals surface area contributed by atoms with Crippen molar-refractivity contribution in [2.45, 2.75) is 233 Å². The number of benzene rings is 3. The van der Waals surface area contributed by atoms with Crippen molar-refractivity contribution < 1.29 is 188 Å². The van der Waals surface area contributed by atoms with Crippen molar-refractivity contribution >= 4 is 12.1 Å². The Bertz CT molecular complexity index is 3260. The molecule has 0 spiro atoms. The Kier molecular flexibility index (Phi) is 25.9. The molecule has 21 aliphatic heterocycles. The van der Waals surface area contributed by atoms with Crippen molar-refractivity contribution in [2.24, 2.45) is 0 Å². The predicted octanol–water partition coefficient (Wildman–Crippen LogP) is -10.3. The van der Waals surface area contributed by atoms with Gasteiger partial charge < -0.3 is 178 Å². The summed E-state index contributed by atoms with van der Waals surface area (Å²) in [5, 5.41) is 240. The van der Waals surface area contributed by atoms with Crippen molar-refractivity contribution in [1.29, 1.82) is 0 Å². The van der Waals surface area contributed by atoms with Gasteiger partial charge in [-0.1, -0.05) is 78.9 Å². The smallest absolute Gasteiger partial charge is 0.410 e. The fourth-order valence-corrected chi connectivity index (χ4v) is 14.8. The summed E-state index contributed by atoms with van der Waals surface area (Å²) in [7, 11) is 0. The Hall–Kier alpha value is -4.96. The molecule has 25 rings (SSSR count). The van der Waals surface area contributed by atoms with Gasteiger partial charge in [0.1, 0.15) is 184 Å². The predicted molar refractivity (Wildman–Crippen MR) is 335 cm³/mol. The number of rotatable bonds is 14. The molecule has 21 saturated heterocycles. The van der Waals surface area contributed by atoms with Crippen LogP contribution in [-0.2, 0) is 82.3 Å². The summed E-state index contributed by atoms with van der Waals surface area (Å²) in [6.07, 6.45) is -76.5. The maximum atomic E-state index is 15.1. The van der Waals surface area contributed by atoms with Crippen LogP contribution in [0.5, 0.6) is 0 Å². The Morgan fingerprint density at radius 2 is 0.581 bits per heavy atom. The molecule has 22 aliphatic rings. The van der Waals surface area contributed by atoms with Crippen LogP contribution >= 0.6 is 0 Å². The zero-order chi connectivity index (χ0) is 75.1. The van der Waals surface area contributed by atoms with E-state index in [9.17, 15) is 112 Å². The van der Waals surface area contributed by atoms with Gasteiger partial charge >= 0.3 is 12.1 Å². The molecule has 21 heterocycles. The number of carbonyl (C=O) groups excluding carboxylic acids is 1. The highest BCUT2D eigenvalue weighted by molar-refractivity contribution is 5.81. The summed E-state index contributed by atoms with van der Waals surface area (Å²) >= 11 is 0. The lowest BCUT2D eigenvalue weighted by Gasteiger charge is -2.50. The molecule has 39 nitrogen and oxygen atoms in total. The number of hydrogen-bond donors (Lipinski definition) is 21. The average Bonchev–Trinajstić information content (AvgIpc) is 1.55. The fourth-order valence-electron chi connectivity index (χ4n) is 14.8. The molecule has 1 amide bonds. The van der Waals surface area contributed by atoms with Gasteiger partial charge in [0.05, 0.1) is 46.2 Å². The van der Waals surface area contributed by atoms with Crippen LogP contribution in [0.15, 0.2) is 78.9 Å². The van der Waals surface area contributed by atoms with Crippen molar-refractivity contribution in [3.63, 3.8) is 0 Å². The van der Waals surface area contributed by atoms with E-state index in [-0.39, 0.29) is 0 Å². The molecule has 36 atom stereocenters. The summed E-state index contributed by atoms with van der Waals surface area (Å²) in [4.78, 5) is 29.5. The number of aliphatic hydroxyl groups excluding tert-OH is 20. The Balaban J connectivity index is 0.880. The maximum Gasteiger partial charge on any atom is 0.410 e. The van der Waals surface area contributed by atoms with Crippen LogP contribution in [-0.4, -0.2) is 398 Å². The van der Waals surface area contributed by atoms with Crippen molar-refractivity contribution in [3.05, 3.63) is 95.6 Å². The van der Waals surface area contributed by atoms with Gasteiger partial charge in [-0.3, -0.25) is 4.90 Å². The first-order valence-electron chi connectivity index (χ1n) is 34.1. The van der Waals surface area contributed by atoms with Crippen molar-refractivity contribution in [1.82, 2.24) is 4.90 Å². The number of aliphatic hydroxyl groups is 20.